The molecule has 2 aromatic heterocycles. The van der Waals surface area contributed by atoms with E-state index in [1.54, 1.807) is 19.9 Å². The Morgan fingerprint density at radius 2 is 1.75 bits per heavy atom. The van der Waals surface area contributed by atoms with Gasteiger partial charge in [-0.2, -0.15) is 13.2 Å². The maximum atomic E-state index is 13.6. The molecule has 2 aromatic carbocycles. The number of amides is 2. The average molecular weight is 496 g/mol. The molecular weight excluding hydrogens is 473 g/mol. The first-order valence-electron chi connectivity index (χ1n) is 11.2. The van der Waals surface area contributed by atoms with E-state index >= 15 is 0 Å². The van der Waals surface area contributed by atoms with Crippen LogP contribution in [0.3, 0.4) is 0 Å². The molecule has 186 valence electrons. The van der Waals surface area contributed by atoms with E-state index in [4.69, 9.17) is 4.52 Å². The highest BCUT2D eigenvalue weighted by Crippen LogP contribution is 2.34. The molecule has 0 atom stereocenters. The number of hydrogen-bond acceptors (Lipinski definition) is 5. The Labute approximate surface area is 204 Å². The fourth-order valence-electron chi connectivity index (χ4n) is 3.84. The van der Waals surface area contributed by atoms with Crippen LogP contribution in [0.25, 0.3) is 22.4 Å². The highest BCUT2D eigenvalue weighted by Gasteiger charge is 2.34. The maximum absolute atomic E-state index is 13.6. The summed E-state index contributed by atoms with van der Waals surface area (Å²) in [5.41, 5.74) is 1.83. The molecule has 0 aliphatic heterocycles. The number of halogens is 3. The van der Waals surface area contributed by atoms with Gasteiger partial charge in [-0.05, 0) is 39.0 Å². The predicted octanol–water partition coefficient (Wildman–Crippen LogP) is 5.63. The highest BCUT2D eigenvalue weighted by molar-refractivity contribution is 6.08. The monoisotopic (exact) mass is 496 g/mol. The standard InChI is InChI=1S/C26H23F3N4O3/c1-4-33(14-22(34)30-20-8-6-5-7-19(20)26(27,28)29)25(35)18-13-21(17-11-9-15(2)10-12-17)31-24-23(18)16(3)32-36-24/h5-13H,4,14H2,1-3H3,(H,30,34). The number of anilines is 1. The molecule has 4 aromatic rings. The second-order valence-corrected chi connectivity index (χ2v) is 8.28. The van der Waals surface area contributed by atoms with Crippen LogP contribution in [0.15, 0.2) is 59.1 Å². The second-order valence-electron chi connectivity index (χ2n) is 8.28. The van der Waals surface area contributed by atoms with Crippen LogP contribution in [-0.4, -0.2) is 39.9 Å². The van der Waals surface area contributed by atoms with E-state index in [0.29, 0.717) is 16.8 Å². The summed E-state index contributed by atoms with van der Waals surface area (Å²) in [6.07, 6.45) is -4.63. The number of para-hydroxylation sites is 1. The van der Waals surface area contributed by atoms with E-state index in [1.165, 1.54) is 23.1 Å². The van der Waals surface area contributed by atoms with Gasteiger partial charge in [-0.15, -0.1) is 0 Å². The van der Waals surface area contributed by atoms with Crippen LogP contribution in [-0.2, 0) is 11.0 Å². The van der Waals surface area contributed by atoms with Gasteiger partial charge in [-0.25, -0.2) is 4.98 Å². The summed E-state index contributed by atoms with van der Waals surface area (Å²) in [5, 5.41) is 6.62. The van der Waals surface area contributed by atoms with Crippen molar-refractivity contribution in [3.8, 4) is 11.3 Å². The van der Waals surface area contributed by atoms with Gasteiger partial charge in [0.05, 0.1) is 33.6 Å². The number of nitrogens with zero attached hydrogens (tertiary/aromatic N) is 3. The Hall–Kier alpha value is -4.21. The predicted molar refractivity (Wildman–Crippen MR) is 128 cm³/mol. The molecule has 0 spiro atoms. The van der Waals surface area contributed by atoms with Gasteiger partial charge < -0.3 is 14.7 Å². The molecule has 1 N–H and O–H groups in total. The van der Waals surface area contributed by atoms with E-state index in [0.717, 1.165) is 17.2 Å². The number of benzene rings is 2. The van der Waals surface area contributed by atoms with Crippen LogP contribution in [0, 0.1) is 13.8 Å². The van der Waals surface area contributed by atoms with E-state index < -0.39 is 30.1 Å². The van der Waals surface area contributed by atoms with Crippen molar-refractivity contribution < 1.29 is 27.3 Å². The summed E-state index contributed by atoms with van der Waals surface area (Å²) in [4.78, 5) is 32.0. The SMILES string of the molecule is CCN(CC(=O)Nc1ccccc1C(F)(F)F)C(=O)c1cc(-c2ccc(C)cc2)nc2onc(C)c12. The molecule has 7 nitrogen and oxygen atoms in total. The van der Waals surface area contributed by atoms with Crippen molar-refractivity contribution in [2.24, 2.45) is 0 Å². The van der Waals surface area contributed by atoms with Crippen LogP contribution in [0.2, 0.25) is 0 Å². The second kappa shape index (κ2) is 9.80. The highest BCUT2D eigenvalue weighted by atomic mass is 19.4. The van der Waals surface area contributed by atoms with Gasteiger partial charge in [-0.1, -0.05) is 47.1 Å². The summed E-state index contributed by atoms with van der Waals surface area (Å²) in [6.45, 7) is 4.99. The third kappa shape index (κ3) is 5.07. The fraction of sp³-hybridized carbons (Fsp3) is 0.231. The molecule has 0 aliphatic carbocycles. The average Bonchev–Trinajstić information content (AvgIpc) is 3.22. The number of aryl methyl sites for hydroxylation is 2. The van der Waals surface area contributed by atoms with E-state index in [-0.39, 0.29) is 23.5 Å². The first kappa shape index (κ1) is 24.9. The van der Waals surface area contributed by atoms with E-state index in [1.807, 2.05) is 31.2 Å². The molecule has 2 heterocycles. The van der Waals surface area contributed by atoms with Crippen molar-refractivity contribution in [3.05, 3.63) is 77.0 Å². The van der Waals surface area contributed by atoms with Crippen LogP contribution >= 0.6 is 0 Å². The number of nitrogens with one attached hydrogen (secondary N) is 1. The molecule has 0 unspecified atom stereocenters. The van der Waals surface area contributed by atoms with Gasteiger partial charge in [0.25, 0.3) is 11.6 Å². The van der Waals surface area contributed by atoms with Gasteiger partial charge in [-0.3, -0.25) is 9.59 Å². The van der Waals surface area contributed by atoms with Crippen LogP contribution in [0.5, 0.6) is 0 Å². The normalized spacial score (nSPS) is 11.5. The number of rotatable bonds is 6. The number of carbonyl (C=O) groups is 2. The van der Waals surface area contributed by atoms with Gasteiger partial charge >= 0.3 is 6.18 Å². The van der Waals surface area contributed by atoms with Gasteiger partial charge in [0, 0.05) is 12.1 Å². The molecule has 10 heteroatoms. The molecule has 0 bridgehead atoms. The van der Waals surface area contributed by atoms with Crippen molar-refractivity contribution in [2.45, 2.75) is 26.9 Å². The van der Waals surface area contributed by atoms with Crippen molar-refractivity contribution in [2.75, 3.05) is 18.4 Å². The van der Waals surface area contributed by atoms with Gasteiger partial charge in [0.15, 0.2) is 0 Å². The van der Waals surface area contributed by atoms with Crippen LogP contribution < -0.4 is 5.32 Å². The minimum absolute atomic E-state index is 0.140. The van der Waals surface area contributed by atoms with Gasteiger partial charge in [0.1, 0.15) is 6.54 Å². The molecule has 0 fully saturated rings. The first-order valence-corrected chi connectivity index (χ1v) is 11.2. The largest absolute Gasteiger partial charge is 0.418 e. The summed E-state index contributed by atoms with van der Waals surface area (Å²) < 4.78 is 45.2. The molecule has 0 radical (unpaired) electrons. The minimum atomic E-state index is -4.63. The van der Waals surface area contributed by atoms with Gasteiger partial charge in [0.2, 0.25) is 5.91 Å². The number of hydrogen-bond donors (Lipinski definition) is 1. The third-order valence-corrected chi connectivity index (χ3v) is 5.70. The zero-order chi connectivity index (χ0) is 26.0. The van der Waals surface area contributed by atoms with Crippen molar-refractivity contribution in [3.63, 3.8) is 0 Å². The lowest BCUT2D eigenvalue weighted by Crippen LogP contribution is -2.38. The number of pyridine rings is 1. The molecule has 2 amide bonds. The maximum Gasteiger partial charge on any atom is 0.418 e. The molecule has 4 rings (SSSR count). The Kier molecular flexibility index (Phi) is 6.78. The lowest BCUT2D eigenvalue weighted by Gasteiger charge is -2.22. The Balaban J connectivity index is 1.64. The van der Waals surface area contributed by atoms with Crippen molar-refractivity contribution in [1.29, 1.82) is 0 Å². The number of likely N-dealkylation sites (N-methyl/N-ethyl adjacent to an activating group) is 1. The third-order valence-electron chi connectivity index (χ3n) is 5.70. The van der Waals surface area contributed by atoms with Crippen LogP contribution in [0.1, 0.15) is 34.1 Å². The van der Waals surface area contributed by atoms with Crippen molar-refractivity contribution in [1.82, 2.24) is 15.0 Å². The smallest absolute Gasteiger partial charge is 0.335 e. The topological polar surface area (TPSA) is 88.3 Å². The zero-order valence-corrected chi connectivity index (χ0v) is 19.8. The minimum Gasteiger partial charge on any atom is -0.335 e. The summed E-state index contributed by atoms with van der Waals surface area (Å²) >= 11 is 0. The lowest BCUT2D eigenvalue weighted by atomic mass is 10.0. The van der Waals surface area contributed by atoms with E-state index in [2.05, 4.69) is 15.5 Å². The van der Waals surface area contributed by atoms with Crippen molar-refractivity contribution >= 4 is 28.6 Å². The Bertz CT molecular complexity index is 1430. The number of fused-ring (bicyclic) bond motifs is 1. The summed E-state index contributed by atoms with van der Waals surface area (Å²) in [6, 6.07) is 13.8. The zero-order valence-electron chi connectivity index (χ0n) is 19.8. The molecule has 0 aliphatic rings. The number of alkyl halides is 3. The lowest BCUT2D eigenvalue weighted by molar-refractivity contribution is -0.137. The van der Waals surface area contributed by atoms with E-state index in [9.17, 15) is 22.8 Å². The summed E-state index contributed by atoms with van der Waals surface area (Å²) in [5.74, 6) is -1.25. The fourth-order valence-corrected chi connectivity index (χ4v) is 3.84. The van der Waals surface area contributed by atoms with Crippen LogP contribution in [0.4, 0.5) is 18.9 Å². The Morgan fingerprint density at radius 1 is 1.06 bits per heavy atom. The number of aromatic nitrogens is 2. The quantitative estimate of drug-likeness (QED) is 0.374. The molecular formula is C26H23F3N4O3. The summed E-state index contributed by atoms with van der Waals surface area (Å²) in [7, 11) is 0. The first-order chi connectivity index (χ1) is 17.1. The Morgan fingerprint density at radius 3 is 2.42 bits per heavy atom. The molecule has 36 heavy (non-hydrogen) atoms. The molecule has 0 saturated heterocycles. The molecule has 0 saturated carbocycles. The number of carbonyl (C=O) groups excluding carboxylic acids is 2.